The fourth-order valence-corrected chi connectivity index (χ4v) is 2.53. The Bertz CT molecular complexity index is 830. The van der Waals surface area contributed by atoms with Crippen LogP contribution in [0.5, 0.6) is 0 Å². The van der Waals surface area contributed by atoms with Crippen molar-refractivity contribution < 1.29 is 9.18 Å². The van der Waals surface area contributed by atoms with Crippen LogP contribution in [-0.4, -0.2) is 26.6 Å². The van der Waals surface area contributed by atoms with E-state index in [0.717, 1.165) is 5.56 Å². The minimum Gasteiger partial charge on any atom is -0.350 e. The van der Waals surface area contributed by atoms with Crippen molar-refractivity contribution in [3.8, 4) is 12.3 Å². The van der Waals surface area contributed by atoms with Crippen LogP contribution in [0.3, 0.4) is 0 Å². The van der Waals surface area contributed by atoms with E-state index in [-0.39, 0.29) is 11.7 Å². The molecular formula is C18H19FN6O. The van der Waals surface area contributed by atoms with Gasteiger partial charge in [-0.3, -0.25) is 4.79 Å². The molecule has 7 nitrogen and oxygen atoms in total. The Morgan fingerprint density at radius 1 is 1.27 bits per heavy atom. The smallest absolute Gasteiger partial charge is 0.220 e. The quantitative estimate of drug-likeness (QED) is 0.702. The molecule has 134 valence electrons. The SMILES string of the molecule is C#CCCC1(CCC(=O)NCc2cn(Cc3ccc(F)cc3)nn2)N=N1. The molecule has 1 aromatic carbocycles. The first-order valence-corrected chi connectivity index (χ1v) is 8.36. The average Bonchev–Trinajstić information content (AvgIpc) is 3.28. The lowest BCUT2D eigenvalue weighted by molar-refractivity contribution is -0.121. The molecule has 2 heterocycles. The Morgan fingerprint density at radius 2 is 2.04 bits per heavy atom. The number of halogens is 1. The summed E-state index contributed by atoms with van der Waals surface area (Å²) in [5.41, 5.74) is 1.13. The van der Waals surface area contributed by atoms with Crippen molar-refractivity contribution >= 4 is 5.91 Å². The summed E-state index contributed by atoms with van der Waals surface area (Å²) in [7, 11) is 0. The van der Waals surface area contributed by atoms with Gasteiger partial charge in [-0.25, -0.2) is 9.07 Å². The number of carbonyl (C=O) groups excluding carboxylic acids is 1. The Morgan fingerprint density at radius 3 is 2.73 bits per heavy atom. The maximum atomic E-state index is 12.9. The molecule has 0 atom stereocenters. The first-order valence-electron chi connectivity index (χ1n) is 8.36. The van der Waals surface area contributed by atoms with Crippen LogP contribution in [0.1, 0.15) is 36.9 Å². The van der Waals surface area contributed by atoms with Gasteiger partial charge in [-0.1, -0.05) is 17.3 Å². The highest BCUT2D eigenvalue weighted by atomic mass is 19.1. The Balaban J connectivity index is 1.41. The van der Waals surface area contributed by atoms with Crippen molar-refractivity contribution in [3.05, 3.63) is 47.5 Å². The van der Waals surface area contributed by atoms with E-state index < -0.39 is 5.66 Å². The minimum absolute atomic E-state index is 0.0875. The third-order valence-electron chi connectivity index (χ3n) is 4.12. The summed E-state index contributed by atoms with van der Waals surface area (Å²) < 4.78 is 14.6. The van der Waals surface area contributed by atoms with Gasteiger partial charge in [-0.2, -0.15) is 10.2 Å². The predicted octanol–water partition coefficient (Wildman–Crippen LogP) is 2.44. The number of hydrogen-bond donors (Lipinski definition) is 1. The summed E-state index contributed by atoms with van der Waals surface area (Å²) in [6, 6.07) is 6.20. The number of hydrogen-bond acceptors (Lipinski definition) is 5. The molecule has 2 aromatic rings. The minimum atomic E-state index is -0.442. The standard InChI is InChI=1S/C18H19FN6O/c1-2-3-9-18(22-23-18)10-8-17(26)20-11-16-13-25(24-21-16)12-14-4-6-15(19)7-5-14/h1,4-7,13H,3,8-12H2,(H,20,26). The van der Waals surface area contributed by atoms with Gasteiger partial charge in [-0.05, 0) is 17.7 Å². The molecule has 1 aromatic heterocycles. The Kier molecular flexibility index (Phi) is 5.37. The molecule has 0 saturated carbocycles. The van der Waals surface area contributed by atoms with E-state index in [1.807, 2.05) is 0 Å². The number of terminal acetylenes is 1. The molecule has 0 unspecified atom stereocenters. The number of aromatic nitrogens is 3. The molecule has 0 bridgehead atoms. The van der Waals surface area contributed by atoms with Crippen LogP contribution >= 0.6 is 0 Å². The summed E-state index contributed by atoms with van der Waals surface area (Å²) in [6.45, 7) is 0.788. The molecule has 1 amide bonds. The normalized spacial score (nSPS) is 14.0. The van der Waals surface area contributed by atoms with Gasteiger partial charge in [0.1, 0.15) is 11.5 Å². The van der Waals surface area contributed by atoms with Crippen LogP contribution in [0.15, 0.2) is 40.7 Å². The van der Waals surface area contributed by atoms with Gasteiger partial charge in [0, 0.05) is 25.7 Å². The number of nitrogens with one attached hydrogen (secondary N) is 1. The predicted molar refractivity (Wildman–Crippen MR) is 92.3 cm³/mol. The third-order valence-corrected chi connectivity index (χ3v) is 4.12. The Hall–Kier alpha value is -3.08. The zero-order valence-electron chi connectivity index (χ0n) is 14.2. The maximum Gasteiger partial charge on any atom is 0.220 e. The molecule has 0 spiro atoms. The first kappa shape index (κ1) is 17.7. The lowest BCUT2D eigenvalue weighted by Crippen LogP contribution is -2.25. The molecule has 1 N–H and O–H groups in total. The van der Waals surface area contributed by atoms with Crippen molar-refractivity contribution in [3.63, 3.8) is 0 Å². The van der Waals surface area contributed by atoms with Gasteiger partial charge < -0.3 is 5.32 Å². The molecule has 0 aliphatic carbocycles. The highest BCUT2D eigenvalue weighted by Gasteiger charge is 2.39. The number of nitrogens with zero attached hydrogens (tertiary/aromatic N) is 5. The van der Waals surface area contributed by atoms with Gasteiger partial charge in [-0.15, -0.1) is 17.4 Å². The number of rotatable bonds is 9. The van der Waals surface area contributed by atoms with Crippen molar-refractivity contribution in [1.82, 2.24) is 20.3 Å². The van der Waals surface area contributed by atoms with Gasteiger partial charge >= 0.3 is 0 Å². The number of amides is 1. The second-order valence-corrected chi connectivity index (χ2v) is 6.20. The molecule has 0 fully saturated rings. The van der Waals surface area contributed by atoms with Crippen LogP contribution in [0.4, 0.5) is 4.39 Å². The van der Waals surface area contributed by atoms with E-state index >= 15 is 0 Å². The van der Waals surface area contributed by atoms with Gasteiger partial charge in [0.15, 0.2) is 5.66 Å². The second kappa shape index (κ2) is 7.87. The number of carbonyl (C=O) groups is 1. The fraction of sp³-hybridized carbons (Fsp3) is 0.389. The molecule has 26 heavy (non-hydrogen) atoms. The summed E-state index contributed by atoms with van der Waals surface area (Å²) in [5, 5.41) is 18.9. The molecule has 0 saturated heterocycles. The number of benzene rings is 1. The molecule has 0 radical (unpaired) electrons. The van der Waals surface area contributed by atoms with E-state index in [9.17, 15) is 9.18 Å². The largest absolute Gasteiger partial charge is 0.350 e. The van der Waals surface area contributed by atoms with Crippen molar-refractivity contribution in [2.45, 2.75) is 44.4 Å². The topological polar surface area (TPSA) is 84.5 Å². The summed E-state index contributed by atoms with van der Waals surface area (Å²) >= 11 is 0. The second-order valence-electron chi connectivity index (χ2n) is 6.20. The van der Waals surface area contributed by atoms with E-state index in [1.165, 1.54) is 12.1 Å². The van der Waals surface area contributed by atoms with Crippen molar-refractivity contribution in [2.75, 3.05) is 0 Å². The van der Waals surface area contributed by atoms with Crippen LogP contribution in [-0.2, 0) is 17.9 Å². The molecular weight excluding hydrogens is 335 g/mol. The first-order chi connectivity index (χ1) is 12.6. The highest BCUT2D eigenvalue weighted by Crippen LogP contribution is 2.37. The highest BCUT2D eigenvalue weighted by molar-refractivity contribution is 5.75. The van der Waals surface area contributed by atoms with Crippen LogP contribution in [0, 0.1) is 18.2 Å². The summed E-state index contributed by atoms with van der Waals surface area (Å²) in [6.07, 6.45) is 9.19. The fourth-order valence-electron chi connectivity index (χ4n) is 2.53. The monoisotopic (exact) mass is 354 g/mol. The average molecular weight is 354 g/mol. The van der Waals surface area contributed by atoms with Gasteiger partial charge in [0.05, 0.1) is 19.3 Å². The van der Waals surface area contributed by atoms with E-state index in [2.05, 4.69) is 31.8 Å². The van der Waals surface area contributed by atoms with Crippen molar-refractivity contribution in [2.24, 2.45) is 10.2 Å². The summed E-state index contributed by atoms with van der Waals surface area (Å²) in [5.74, 6) is 2.20. The van der Waals surface area contributed by atoms with Crippen LogP contribution in [0.25, 0.3) is 0 Å². The van der Waals surface area contributed by atoms with Crippen LogP contribution < -0.4 is 5.32 Å². The maximum absolute atomic E-state index is 12.9. The molecule has 1 aliphatic rings. The summed E-state index contributed by atoms with van der Waals surface area (Å²) in [4.78, 5) is 12.0. The van der Waals surface area contributed by atoms with E-state index in [4.69, 9.17) is 6.42 Å². The third kappa shape index (κ3) is 4.96. The van der Waals surface area contributed by atoms with E-state index in [0.29, 0.717) is 44.5 Å². The molecule has 8 heteroatoms. The lowest BCUT2D eigenvalue weighted by atomic mass is 10.0. The van der Waals surface area contributed by atoms with Gasteiger partial charge in [0.25, 0.3) is 0 Å². The zero-order chi connectivity index (χ0) is 18.4. The molecule has 3 rings (SSSR count). The van der Waals surface area contributed by atoms with Crippen molar-refractivity contribution in [1.29, 1.82) is 0 Å². The lowest BCUT2D eigenvalue weighted by Gasteiger charge is -2.08. The van der Waals surface area contributed by atoms with E-state index in [1.54, 1.807) is 23.0 Å². The van der Waals surface area contributed by atoms with Gasteiger partial charge in [0.2, 0.25) is 5.91 Å². The van der Waals surface area contributed by atoms with Crippen LogP contribution in [0.2, 0.25) is 0 Å². The zero-order valence-corrected chi connectivity index (χ0v) is 14.2. The molecule has 1 aliphatic heterocycles. The Labute approximate surface area is 150 Å².